The van der Waals surface area contributed by atoms with Gasteiger partial charge in [0.05, 0.1) is 5.92 Å². The van der Waals surface area contributed by atoms with Gasteiger partial charge in [-0.15, -0.1) is 0 Å². The van der Waals surface area contributed by atoms with Crippen LogP contribution in [0.25, 0.3) is 0 Å². The van der Waals surface area contributed by atoms with E-state index in [4.69, 9.17) is 5.11 Å². The van der Waals surface area contributed by atoms with Gasteiger partial charge in [0, 0.05) is 13.0 Å². The van der Waals surface area contributed by atoms with E-state index in [0.717, 1.165) is 5.56 Å². The topological polar surface area (TPSA) is 66.4 Å². The maximum Gasteiger partial charge on any atom is 0.308 e. The zero-order chi connectivity index (χ0) is 14.3. The van der Waals surface area contributed by atoms with Crippen molar-refractivity contribution in [1.29, 1.82) is 0 Å². The van der Waals surface area contributed by atoms with E-state index in [1.165, 1.54) is 12.1 Å². The predicted octanol–water partition coefficient (Wildman–Crippen LogP) is 1.99. The Hall–Kier alpha value is -1.91. The Bertz CT molecular complexity index is 431. The summed E-state index contributed by atoms with van der Waals surface area (Å²) >= 11 is 0. The minimum Gasteiger partial charge on any atom is -0.481 e. The lowest BCUT2D eigenvalue weighted by Crippen LogP contribution is -2.32. The first-order chi connectivity index (χ1) is 9.02. The number of benzene rings is 1. The SMILES string of the molecule is CCC(CNC(=O)CCc1ccc(F)cc1)C(=O)O. The minimum absolute atomic E-state index is 0.147. The molecule has 0 aromatic heterocycles. The van der Waals surface area contributed by atoms with Crippen LogP contribution in [0.1, 0.15) is 25.3 Å². The van der Waals surface area contributed by atoms with Gasteiger partial charge < -0.3 is 10.4 Å². The predicted molar refractivity (Wildman–Crippen MR) is 69.1 cm³/mol. The molecule has 1 unspecified atom stereocenters. The summed E-state index contributed by atoms with van der Waals surface area (Å²) < 4.78 is 12.7. The first-order valence-corrected chi connectivity index (χ1v) is 6.27. The summed E-state index contributed by atoms with van der Waals surface area (Å²) in [7, 11) is 0. The summed E-state index contributed by atoms with van der Waals surface area (Å²) in [4.78, 5) is 22.3. The lowest BCUT2D eigenvalue weighted by Gasteiger charge is -2.11. The average Bonchev–Trinajstić information content (AvgIpc) is 2.38. The molecule has 1 aromatic rings. The first-order valence-electron chi connectivity index (χ1n) is 6.27. The molecule has 19 heavy (non-hydrogen) atoms. The van der Waals surface area contributed by atoms with Crippen molar-refractivity contribution in [3.8, 4) is 0 Å². The molecule has 0 radical (unpaired) electrons. The molecular formula is C14H18FNO3. The van der Waals surface area contributed by atoms with Crippen molar-refractivity contribution in [2.45, 2.75) is 26.2 Å². The fourth-order valence-corrected chi connectivity index (χ4v) is 1.64. The second kappa shape index (κ2) is 7.51. The Balaban J connectivity index is 2.31. The molecular weight excluding hydrogens is 249 g/mol. The molecule has 4 nitrogen and oxygen atoms in total. The standard InChI is InChI=1S/C14H18FNO3/c1-2-11(14(18)19)9-16-13(17)8-5-10-3-6-12(15)7-4-10/h3-4,6-7,11H,2,5,8-9H2,1H3,(H,16,17)(H,18,19). The van der Waals surface area contributed by atoms with Crippen molar-refractivity contribution in [2.75, 3.05) is 6.54 Å². The second-order valence-corrected chi connectivity index (χ2v) is 4.37. The number of amides is 1. The summed E-state index contributed by atoms with van der Waals surface area (Å²) in [6.07, 6.45) is 1.26. The van der Waals surface area contributed by atoms with Crippen molar-refractivity contribution in [3.63, 3.8) is 0 Å². The molecule has 1 atom stereocenters. The van der Waals surface area contributed by atoms with Crippen LogP contribution in [-0.2, 0) is 16.0 Å². The van der Waals surface area contributed by atoms with E-state index in [2.05, 4.69) is 5.32 Å². The number of aliphatic carboxylic acids is 1. The van der Waals surface area contributed by atoms with Gasteiger partial charge in [0.1, 0.15) is 5.82 Å². The number of nitrogens with one attached hydrogen (secondary N) is 1. The first kappa shape index (κ1) is 15.1. The van der Waals surface area contributed by atoms with Gasteiger partial charge in [0.25, 0.3) is 0 Å². The van der Waals surface area contributed by atoms with Crippen LogP contribution in [0.2, 0.25) is 0 Å². The van der Waals surface area contributed by atoms with Crippen molar-refractivity contribution >= 4 is 11.9 Å². The number of carbonyl (C=O) groups is 2. The molecule has 0 bridgehead atoms. The number of hydrogen-bond donors (Lipinski definition) is 2. The summed E-state index contributed by atoms with van der Waals surface area (Å²) in [5, 5.41) is 11.4. The van der Waals surface area contributed by atoms with E-state index in [9.17, 15) is 14.0 Å². The number of halogens is 1. The maximum absolute atomic E-state index is 12.7. The Morgan fingerprint density at radius 2 is 1.95 bits per heavy atom. The number of aryl methyl sites for hydroxylation is 1. The second-order valence-electron chi connectivity index (χ2n) is 4.37. The highest BCUT2D eigenvalue weighted by atomic mass is 19.1. The molecule has 0 saturated heterocycles. The van der Waals surface area contributed by atoms with Crippen molar-refractivity contribution < 1.29 is 19.1 Å². The van der Waals surface area contributed by atoms with Crippen molar-refractivity contribution in [2.24, 2.45) is 5.92 Å². The van der Waals surface area contributed by atoms with Gasteiger partial charge in [-0.1, -0.05) is 19.1 Å². The van der Waals surface area contributed by atoms with Crippen LogP contribution in [0.4, 0.5) is 4.39 Å². The Labute approximate surface area is 111 Å². The molecule has 2 N–H and O–H groups in total. The van der Waals surface area contributed by atoms with Gasteiger partial charge >= 0.3 is 5.97 Å². The van der Waals surface area contributed by atoms with Gasteiger partial charge in [-0.2, -0.15) is 0 Å². The average molecular weight is 267 g/mol. The lowest BCUT2D eigenvalue weighted by molar-refractivity contribution is -0.141. The molecule has 1 rings (SSSR count). The minimum atomic E-state index is -0.902. The Morgan fingerprint density at radius 3 is 2.47 bits per heavy atom. The molecule has 0 aliphatic carbocycles. The third-order valence-corrected chi connectivity index (χ3v) is 2.94. The largest absolute Gasteiger partial charge is 0.481 e. The molecule has 0 spiro atoms. The Morgan fingerprint density at radius 1 is 1.32 bits per heavy atom. The van der Waals surface area contributed by atoms with E-state index in [1.807, 2.05) is 0 Å². The highest BCUT2D eigenvalue weighted by molar-refractivity contribution is 5.77. The summed E-state index contributed by atoms with van der Waals surface area (Å²) in [6, 6.07) is 5.97. The van der Waals surface area contributed by atoms with Crippen LogP contribution < -0.4 is 5.32 Å². The third-order valence-electron chi connectivity index (χ3n) is 2.94. The molecule has 0 aliphatic rings. The van der Waals surface area contributed by atoms with E-state index in [0.29, 0.717) is 12.8 Å². The van der Waals surface area contributed by atoms with Crippen LogP contribution >= 0.6 is 0 Å². The maximum atomic E-state index is 12.7. The van der Waals surface area contributed by atoms with Gasteiger partial charge in [0.15, 0.2) is 0 Å². The number of hydrogen-bond acceptors (Lipinski definition) is 2. The number of carbonyl (C=O) groups excluding carboxylic acids is 1. The van der Waals surface area contributed by atoms with E-state index in [1.54, 1.807) is 19.1 Å². The number of rotatable bonds is 7. The monoisotopic (exact) mass is 267 g/mol. The molecule has 0 heterocycles. The summed E-state index contributed by atoms with van der Waals surface area (Å²) in [5.74, 6) is -1.94. The molecule has 1 amide bonds. The fraction of sp³-hybridized carbons (Fsp3) is 0.429. The van der Waals surface area contributed by atoms with Gasteiger partial charge in [0.2, 0.25) is 5.91 Å². The van der Waals surface area contributed by atoms with E-state index < -0.39 is 11.9 Å². The van der Waals surface area contributed by atoms with E-state index in [-0.39, 0.29) is 24.7 Å². The number of carboxylic acid groups (broad SMARTS) is 1. The number of carboxylic acids is 1. The highest BCUT2D eigenvalue weighted by Crippen LogP contribution is 2.06. The third kappa shape index (κ3) is 5.50. The van der Waals surface area contributed by atoms with Crippen LogP contribution in [0, 0.1) is 11.7 Å². The van der Waals surface area contributed by atoms with Crippen molar-refractivity contribution in [1.82, 2.24) is 5.32 Å². The van der Waals surface area contributed by atoms with Crippen LogP contribution in [0.3, 0.4) is 0 Å². The quantitative estimate of drug-likeness (QED) is 0.794. The zero-order valence-electron chi connectivity index (χ0n) is 10.9. The van der Waals surface area contributed by atoms with Gasteiger partial charge in [-0.3, -0.25) is 9.59 Å². The van der Waals surface area contributed by atoms with Crippen LogP contribution in [-0.4, -0.2) is 23.5 Å². The summed E-state index contributed by atoms with van der Waals surface area (Å²) in [5.41, 5.74) is 0.877. The molecule has 0 aliphatic heterocycles. The lowest BCUT2D eigenvalue weighted by atomic mass is 10.1. The zero-order valence-corrected chi connectivity index (χ0v) is 10.9. The van der Waals surface area contributed by atoms with Crippen molar-refractivity contribution in [3.05, 3.63) is 35.6 Å². The molecule has 1 aromatic carbocycles. The van der Waals surface area contributed by atoms with E-state index >= 15 is 0 Å². The van der Waals surface area contributed by atoms with Crippen LogP contribution in [0.15, 0.2) is 24.3 Å². The van der Waals surface area contributed by atoms with Gasteiger partial charge in [-0.25, -0.2) is 4.39 Å². The van der Waals surface area contributed by atoms with Crippen LogP contribution in [0.5, 0.6) is 0 Å². The normalized spacial score (nSPS) is 11.9. The van der Waals surface area contributed by atoms with Gasteiger partial charge in [-0.05, 0) is 30.5 Å². The Kier molecular flexibility index (Phi) is 5.99. The molecule has 0 fully saturated rings. The highest BCUT2D eigenvalue weighted by Gasteiger charge is 2.15. The molecule has 0 saturated carbocycles. The summed E-state index contributed by atoms with van der Waals surface area (Å²) in [6.45, 7) is 1.91. The molecule has 104 valence electrons. The molecule has 5 heteroatoms. The smallest absolute Gasteiger partial charge is 0.308 e. The fourth-order valence-electron chi connectivity index (χ4n) is 1.64.